The summed E-state index contributed by atoms with van der Waals surface area (Å²) in [5.74, 6) is 0.166. The summed E-state index contributed by atoms with van der Waals surface area (Å²) in [5.41, 5.74) is 2.94. The summed E-state index contributed by atoms with van der Waals surface area (Å²) >= 11 is 6.36. The summed E-state index contributed by atoms with van der Waals surface area (Å²) in [4.78, 5) is 22.0. The van der Waals surface area contributed by atoms with Crippen LogP contribution in [0.15, 0.2) is 84.3 Å². The third-order valence-corrected chi connectivity index (χ3v) is 5.65. The molecule has 0 bridgehead atoms. The number of carbonyl (C=O) groups excluding carboxylic acids is 1. The average molecular weight is 461 g/mol. The van der Waals surface area contributed by atoms with E-state index in [0.29, 0.717) is 44.9 Å². The molecule has 2 N–H and O–H groups in total. The molecule has 1 unspecified atom stereocenters. The number of nitrogens with one attached hydrogen (secondary N) is 2. The summed E-state index contributed by atoms with van der Waals surface area (Å²) in [5, 5.41) is 11.2. The van der Waals surface area contributed by atoms with Gasteiger partial charge < -0.3 is 10.6 Å². The van der Waals surface area contributed by atoms with E-state index < -0.39 is 6.04 Å². The smallest absolute Gasteiger partial charge is 0.255 e. The van der Waals surface area contributed by atoms with Crippen LogP contribution in [-0.4, -0.2) is 25.7 Å². The molecule has 9 heteroatoms. The Morgan fingerprint density at radius 3 is 2.64 bits per heavy atom. The Bertz CT molecular complexity index is 1370. The van der Waals surface area contributed by atoms with Crippen LogP contribution in [-0.2, 0) is 4.79 Å². The summed E-state index contributed by atoms with van der Waals surface area (Å²) in [6.07, 6.45) is 3.19. The third kappa shape index (κ3) is 3.96. The number of hydrogen-bond donors (Lipinski definition) is 2. The lowest BCUT2D eigenvalue weighted by molar-refractivity contribution is -0.113. The molecule has 1 atom stereocenters. The van der Waals surface area contributed by atoms with Crippen molar-refractivity contribution in [1.29, 1.82) is 0 Å². The highest BCUT2D eigenvalue weighted by Crippen LogP contribution is 2.37. The number of carbonyl (C=O) groups is 1. The predicted octanol–water partition coefficient (Wildman–Crippen LogP) is 5.06. The van der Waals surface area contributed by atoms with Crippen molar-refractivity contribution in [3.8, 4) is 11.4 Å². The Kier molecular flexibility index (Phi) is 5.35. The van der Waals surface area contributed by atoms with E-state index in [1.54, 1.807) is 54.3 Å². The molecule has 1 amide bonds. The fourth-order valence-corrected chi connectivity index (χ4v) is 4.01. The molecule has 164 valence electrons. The van der Waals surface area contributed by atoms with Gasteiger partial charge in [-0.15, -0.1) is 5.10 Å². The van der Waals surface area contributed by atoms with Gasteiger partial charge in [-0.2, -0.15) is 4.98 Å². The molecule has 3 heterocycles. The number of halogens is 2. The fourth-order valence-electron chi connectivity index (χ4n) is 3.79. The molecule has 2 aromatic carbocycles. The maximum Gasteiger partial charge on any atom is 0.255 e. The van der Waals surface area contributed by atoms with E-state index in [1.165, 1.54) is 12.1 Å². The van der Waals surface area contributed by atoms with Crippen molar-refractivity contribution in [3.05, 3.63) is 101 Å². The minimum Gasteiger partial charge on any atom is -0.328 e. The molecule has 7 nitrogen and oxygen atoms in total. The number of amides is 1. The van der Waals surface area contributed by atoms with Crippen LogP contribution in [0.5, 0.6) is 0 Å². The van der Waals surface area contributed by atoms with E-state index >= 15 is 0 Å². The Hall–Kier alpha value is -4.04. The van der Waals surface area contributed by atoms with Gasteiger partial charge in [-0.3, -0.25) is 9.78 Å². The predicted molar refractivity (Wildman–Crippen MR) is 124 cm³/mol. The second-order valence-corrected chi connectivity index (χ2v) is 7.90. The highest BCUT2D eigenvalue weighted by atomic mass is 35.5. The summed E-state index contributed by atoms with van der Waals surface area (Å²) in [6, 6.07) is 16.1. The molecular weight excluding hydrogens is 443 g/mol. The zero-order chi connectivity index (χ0) is 22.9. The van der Waals surface area contributed by atoms with Crippen LogP contribution in [0.1, 0.15) is 18.5 Å². The molecule has 0 saturated carbocycles. The molecule has 1 aliphatic heterocycles. The number of anilines is 2. The molecular formula is C24H18ClFN6O. The van der Waals surface area contributed by atoms with Gasteiger partial charge in [-0.1, -0.05) is 35.9 Å². The van der Waals surface area contributed by atoms with Crippen LogP contribution in [0.4, 0.5) is 16.0 Å². The monoisotopic (exact) mass is 460 g/mol. The first kappa shape index (κ1) is 20.8. The summed E-state index contributed by atoms with van der Waals surface area (Å²) in [6.45, 7) is 1.79. The van der Waals surface area contributed by atoms with Gasteiger partial charge in [-0.05, 0) is 48.9 Å². The molecule has 0 saturated heterocycles. The van der Waals surface area contributed by atoms with Gasteiger partial charge in [0.15, 0.2) is 5.82 Å². The highest BCUT2D eigenvalue weighted by molar-refractivity contribution is 6.33. The van der Waals surface area contributed by atoms with Crippen LogP contribution >= 0.6 is 11.6 Å². The normalized spacial score (nSPS) is 15.1. The van der Waals surface area contributed by atoms with E-state index in [0.717, 1.165) is 0 Å². The molecule has 2 aromatic heterocycles. The van der Waals surface area contributed by atoms with E-state index in [-0.39, 0.29) is 11.7 Å². The Balaban J connectivity index is 1.62. The van der Waals surface area contributed by atoms with Crippen molar-refractivity contribution in [1.82, 2.24) is 19.7 Å². The van der Waals surface area contributed by atoms with Crippen LogP contribution in [0, 0.1) is 5.82 Å². The van der Waals surface area contributed by atoms with Crippen molar-refractivity contribution in [2.75, 3.05) is 10.6 Å². The van der Waals surface area contributed by atoms with Crippen LogP contribution in [0.25, 0.3) is 11.4 Å². The quantitative estimate of drug-likeness (QED) is 0.444. The number of fused-ring (bicyclic) bond motifs is 1. The van der Waals surface area contributed by atoms with Gasteiger partial charge in [0.05, 0.1) is 22.5 Å². The highest BCUT2D eigenvalue weighted by Gasteiger charge is 2.34. The van der Waals surface area contributed by atoms with Crippen molar-refractivity contribution in [3.63, 3.8) is 0 Å². The standard InChI is InChI=1S/C24H18ClFN6O/c1-14-20(23(33)29-17-5-4-12-27-13-17)21(15-8-10-16(26)11-9-15)32-24(28-14)30-22(31-32)18-6-2-3-7-19(18)25/h2-13,21H,1H3,(H,29,33)(H,28,30,31). The molecule has 0 fully saturated rings. The zero-order valence-corrected chi connectivity index (χ0v) is 18.2. The second kappa shape index (κ2) is 8.48. The Labute approximate surface area is 194 Å². The molecule has 0 spiro atoms. The number of hydrogen-bond acceptors (Lipinski definition) is 5. The van der Waals surface area contributed by atoms with Gasteiger partial charge in [0, 0.05) is 17.5 Å². The van der Waals surface area contributed by atoms with Crippen molar-refractivity contribution >= 4 is 29.1 Å². The first-order chi connectivity index (χ1) is 16.0. The first-order valence-electron chi connectivity index (χ1n) is 10.2. The van der Waals surface area contributed by atoms with Crippen molar-refractivity contribution < 1.29 is 9.18 Å². The van der Waals surface area contributed by atoms with Gasteiger partial charge in [-0.25, -0.2) is 9.07 Å². The summed E-state index contributed by atoms with van der Waals surface area (Å²) < 4.78 is 15.3. The number of aromatic nitrogens is 4. The van der Waals surface area contributed by atoms with E-state index in [4.69, 9.17) is 11.6 Å². The SMILES string of the molecule is CC1=C(C(=O)Nc2cccnc2)C(c2ccc(F)cc2)n2nc(-c3ccccc3Cl)nc2N1. The minimum absolute atomic E-state index is 0.331. The fraction of sp³-hybridized carbons (Fsp3) is 0.0833. The molecule has 5 rings (SSSR count). The molecule has 0 radical (unpaired) electrons. The first-order valence-corrected chi connectivity index (χ1v) is 10.5. The van der Waals surface area contributed by atoms with Crippen LogP contribution < -0.4 is 10.6 Å². The maximum absolute atomic E-state index is 13.7. The number of pyridine rings is 1. The Morgan fingerprint density at radius 2 is 1.91 bits per heavy atom. The number of nitrogens with zero attached hydrogens (tertiary/aromatic N) is 4. The Morgan fingerprint density at radius 1 is 1.12 bits per heavy atom. The summed E-state index contributed by atoms with van der Waals surface area (Å²) in [7, 11) is 0. The minimum atomic E-state index is -0.637. The van der Waals surface area contributed by atoms with Gasteiger partial charge in [0.1, 0.15) is 11.9 Å². The second-order valence-electron chi connectivity index (χ2n) is 7.50. The molecule has 1 aliphatic rings. The van der Waals surface area contributed by atoms with E-state index in [9.17, 15) is 9.18 Å². The van der Waals surface area contributed by atoms with E-state index in [2.05, 4.69) is 25.7 Å². The number of rotatable bonds is 4. The molecule has 4 aromatic rings. The van der Waals surface area contributed by atoms with Gasteiger partial charge in [0.25, 0.3) is 5.91 Å². The lowest BCUT2D eigenvalue weighted by Gasteiger charge is -2.28. The topological polar surface area (TPSA) is 84.7 Å². The maximum atomic E-state index is 13.7. The zero-order valence-electron chi connectivity index (χ0n) is 17.5. The van der Waals surface area contributed by atoms with Crippen LogP contribution in [0.2, 0.25) is 5.02 Å². The van der Waals surface area contributed by atoms with Gasteiger partial charge in [0.2, 0.25) is 5.95 Å². The lowest BCUT2D eigenvalue weighted by Crippen LogP contribution is -2.31. The number of allylic oxidation sites excluding steroid dienone is 1. The largest absolute Gasteiger partial charge is 0.328 e. The average Bonchev–Trinajstić information content (AvgIpc) is 3.23. The number of benzene rings is 2. The van der Waals surface area contributed by atoms with Crippen LogP contribution in [0.3, 0.4) is 0 Å². The van der Waals surface area contributed by atoms with Crippen molar-refractivity contribution in [2.45, 2.75) is 13.0 Å². The van der Waals surface area contributed by atoms with Crippen molar-refractivity contribution in [2.24, 2.45) is 0 Å². The molecule has 33 heavy (non-hydrogen) atoms. The lowest BCUT2D eigenvalue weighted by atomic mass is 9.95. The van der Waals surface area contributed by atoms with Gasteiger partial charge >= 0.3 is 0 Å². The van der Waals surface area contributed by atoms with E-state index in [1.807, 2.05) is 18.2 Å². The molecule has 0 aliphatic carbocycles. The third-order valence-electron chi connectivity index (χ3n) is 5.32.